The number of anilines is 1. The molecule has 3 heteroatoms. The third-order valence-electron chi connectivity index (χ3n) is 2.44. The molecular formula is C11H15N2O+. The normalized spacial score (nSPS) is 14.8. The van der Waals surface area contributed by atoms with Crippen molar-refractivity contribution in [1.82, 2.24) is 0 Å². The standard InChI is InChI=1S/C11H15N2O/c1-12-7-9-6-10(14-3)4-5-11(9)13(2)8-12/h4-7H,8H2,1-3H3/q+1. The summed E-state index contributed by atoms with van der Waals surface area (Å²) in [5, 5.41) is 0. The molecule has 0 radical (unpaired) electrons. The molecule has 0 saturated heterocycles. The van der Waals surface area contributed by atoms with Crippen molar-refractivity contribution in [2.75, 3.05) is 32.8 Å². The van der Waals surface area contributed by atoms with Gasteiger partial charge in [-0.3, -0.25) is 0 Å². The van der Waals surface area contributed by atoms with Crippen LogP contribution in [0.1, 0.15) is 5.56 Å². The molecule has 0 fully saturated rings. The zero-order valence-electron chi connectivity index (χ0n) is 8.82. The molecule has 3 nitrogen and oxygen atoms in total. The molecule has 0 N–H and O–H groups in total. The Bertz CT molecular complexity index is 385. The Morgan fingerprint density at radius 3 is 2.93 bits per heavy atom. The van der Waals surface area contributed by atoms with Crippen molar-refractivity contribution in [3.63, 3.8) is 0 Å². The molecule has 0 spiro atoms. The maximum Gasteiger partial charge on any atom is 0.218 e. The first-order valence-electron chi connectivity index (χ1n) is 4.65. The van der Waals surface area contributed by atoms with Gasteiger partial charge >= 0.3 is 0 Å². The van der Waals surface area contributed by atoms with Crippen LogP contribution in [0.4, 0.5) is 5.69 Å². The summed E-state index contributed by atoms with van der Waals surface area (Å²) in [5.41, 5.74) is 2.46. The molecule has 1 heterocycles. The SMILES string of the molecule is COc1ccc2c(c1)C=[N+](C)CN2C. The Morgan fingerprint density at radius 1 is 1.43 bits per heavy atom. The van der Waals surface area contributed by atoms with Gasteiger partial charge in [0.2, 0.25) is 6.67 Å². The predicted molar refractivity (Wildman–Crippen MR) is 57.6 cm³/mol. The van der Waals surface area contributed by atoms with Gasteiger partial charge in [0, 0.05) is 7.05 Å². The summed E-state index contributed by atoms with van der Waals surface area (Å²) in [6, 6.07) is 6.15. The van der Waals surface area contributed by atoms with E-state index in [2.05, 4.69) is 41.9 Å². The molecule has 0 aromatic heterocycles. The number of benzene rings is 1. The fourth-order valence-corrected chi connectivity index (χ4v) is 1.80. The van der Waals surface area contributed by atoms with E-state index in [1.807, 2.05) is 6.07 Å². The van der Waals surface area contributed by atoms with Crippen LogP contribution >= 0.6 is 0 Å². The van der Waals surface area contributed by atoms with Crippen LogP contribution in [0.15, 0.2) is 18.2 Å². The monoisotopic (exact) mass is 191 g/mol. The van der Waals surface area contributed by atoms with Crippen molar-refractivity contribution < 1.29 is 9.31 Å². The second-order valence-electron chi connectivity index (χ2n) is 3.65. The molecule has 1 aliphatic heterocycles. The number of ether oxygens (including phenoxy) is 1. The highest BCUT2D eigenvalue weighted by Gasteiger charge is 2.17. The fourth-order valence-electron chi connectivity index (χ4n) is 1.80. The van der Waals surface area contributed by atoms with E-state index in [1.54, 1.807) is 7.11 Å². The summed E-state index contributed by atoms with van der Waals surface area (Å²) in [4.78, 5) is 2.22. The van der Waals surface area contributed by atoms with Crippen molar-refractivity contribution in [3.05, 3.63) is 23.8 Å². The van der Waals surface area contributed by atoms with Crippen LogP contribution in [-0.4, -0.2) is 38.7 Å². The van der Waals surface area contributed by atoms with Crippen LogP contribution in [0.2, 0.25) is 0 Å². The lowest BCUT2D eigenvalue weighted by Crippen LogP contribution is -2.32. The van der Waals surface area contributed by atoms with Crippen LogP contribution in [0.3, 0.4) is 0 Å². The lowest BCUT2D eigenvalue weighted by atomic mass is 10.1. The Morgan fingerprint density at radius 2 is 2.21 bits per heavy atom. The highest BCUT2D eigenvalue weighted by Crippen LogP contribution is 2.24. The minimum absolute atomic E-state index is 0.906. The quantitative estimate of drug-likeness (QED) is 0.619. The molecule has 0 saturated carbocycles. The maximum atomic E-state index is 5.19. The van der Waals surface area contributed by atoms with Gasteiger partial charge in [0.15, 0.2) is 6.21 Å². The highest BCUT2D eigenvalue weighted by atomic mass is 16.5. The van der Waals surface area contributed by atoms with E-state index in [0.29, 0.717) is 0 Å². The highest BCUT2D eigenvalue weighted by molar-refractivity contribution is 5.86. The van der Waals surface area contributed by atoms with E-state index in [4.69, 9.17) is 4.74 Å². The van der Waals surface area contributed by atoms with E-state index in [9.17, 15) is 0 Å². The van der Waals surface area contributed by atoms with Gasteiger partial charge < -0.3 is 9.64 Å². The van der Waals surface area contributed by atoms with Crippen molar-refractivity contribution in [3.8, 4) is 5.75 Å². The van der Waals surface area contributed by atoms with Gasteiger partial charge in [0.05, 0.1) is 18.4 Å². The molecule has 74 valence electrons. The molecule has 0 amide bonds. The first-order chi connectivity index (χ1) is 6.70. The Kier molecular flexibility index (Phi) is 2.15. The van der Waals surface area contributed by atoms with Crippen LogP contribution in [0, 0.1) is 0 Å². The second-order valence-corrected chi connectivity index (χ2v) is 3.65. The molecule has 0 aliphatic carbocycles. The van der Waals surface area contributed by atoms with E-state index in [1.165, 1.54) is 11.3 Å². The van der Waals surface area contributed by atoms with Crippen molar-refractivity contribution in [2.45, 2.75) is 0 Å². The number of methoxy groups -OCH3 is 1. The van der Waals surface area contributed by atoms with E-state index >= 15 is 0 Å². The first kappa shape index (κ1) is 9.06. The summed E-state index contributed by atoms with van der Waals surface area (Å²) >= 11 is 0. The van der Waals surface area contributed by atoms with E-state index < -0.39 is 0 Å². The molecule has 1 aromatic carbocycles. The van der Waals surface area contributed by atoms with Gasteiger partial charge in [-0.25, -0.2) is 4.58 Å². The predicted octanol–water partition coefficient (Wildman–Crippen LogP) is 1.16. The minimum atomic E-state index is 0.906. The van der Waals surface area contributed by atoms with Gasteiger partial charge in [0.25, 0.3) is 0 Å². The Hall–Kier alpha value is -1.51. The van der Waals surface area contributed by atoms with Crippen LogP contribution in [0.5, 0.6) is 5.75 Å². The zero-order chi connectivity index (χ0) is 10.1. The molecule has 0 bridgehead atoms. The average Bonchev–Trinajstić information content (AvgIpc) is 2.16. The van der Waals surface area contributed by atoms with Gasteiger partial charge in [-0.15, -0.1) is 0 Å². The second kappa shape index (κ2) is 3.33. The first-order valence-corrected chi connectivity index (χ1v) is 4.65. The summed E-state index contributed by atoms with van der Waals surface area (Å²) in [7, 11) is 5.85. The zero-order valence-corrected chi connectivity index (χ0v) is 8.82. The summed E-state index contributed by atoms with van der Waals surface area (Å²) in [6.07, 6.45) is 2.14. The summed E-state index contributed by atoms with van der Waals surface area (Å²) in [6.45, 7) is 0.930. The lowest BCUT2D eigenvalue weighted by Gasteiger charge is -2.22. The smallest absolute Gasteiger partial charge is 0.218 e. The van der Waals surface area contributed by atoms with Crippen LogP contribution in [0.25, 0.3) is 0 Å². The van der Waals surface area contributed by atoms with Gasteiger partial charge in [-0.05, 0) is 18.2 Å². The molecule has 0 unspecified atom stereocenters. The van der Waals surface area contributed by atoms with Gasteiger partial charge in [-0.1, -0.05) is 0 Å². The maximum absolute atomic E-state index is 5.19. The van der Waals surface area contributed by atoms with E-state index in [0.717, 1.165) is 12.4 Å². The Balaban J connectivity index is 2.50. The number of fused-ring (bicyclic) bond motifs is 1. The third kappa shape index (κ3) is 1.45. The number of rotatable bonds is 1. The topological polar surface area (TPSA) is 15.5 Å². The van der Waals surface area contributed by atoms with Gasteiger partial charge in [0.1, 0.15) is 12.8 Å². The molecule has 2 rings (SSSR count). The number of hydrogen-bond acceptors (Lipinski definition) is 2. The molecular weight excluding hydrogens is 176 g/mol. The Labute approximate surface area is 84.2 Å². The fraction of sp³-hybridized carbons (Fsp3) is 0.364. The molecule has 1 aromatic rings. The number of hydrogen-bond donors (Lipinski definition) is 0. The largest absolute Gasteiger partial charge is 0.497 e. The summed E-state index contributed by atoms with van der Waals surface area (Å²) in [5.74, 6) is 0.906. The lowest BCUT2D eigenvalue weighted by molar-refractivity contribution is -0.492. The molecule has 1 aliphatic rings. The van der Waals surface area contributed by atoms with Crippen LogP contribution < -0.4 is 9.64 Å². The van der Waals surface area contributed by atoms with Crippen molar-refractivity contribution in [2.24, 2.45) is 0 Å². The number of nitrogens with zero attached hydrogens (tertiary/aromatic N) is 2. The van der Waals surface area contributed by atoms with Crippen LogP contribution in [-0.2, 0) is 0 Å². The van der Waals surface area contributed by atoms with Crippen molar-refractivity contribution >= 4 is 11.9 Å². The third-order valence-corrected chi connectivity index (χ3v) is 2.44. The van der Waals surface area contributed by atoms with Crippen molar-refractivity contribution in [1.29, 1.82) is 0 Å². The molecule has 0 atom stereocenters. The van der Waals surface area contributed by atoms with E-state index in [-0.39, 0.29) is 0 Å². The van der Waals surface area contributed by atoms with Gasteiger partial charge in [-0.2, -0.15) is 0 Å². The molecule has 14 heavy (non-hydrogen) atoms. The summed E-state index contributed by atoms with van der Waals surface area (Å²) < 4.78 is 7.35. The average molecular weight is 191 g/mol. The minimum Gasteiger partial charge on any atom is -0.497 e.